The molecule has 15 heteroatoms. The van der Waals surface area contributed by atoms with Crippen LogP contribution in [0, 0.1) is 11.8 Å². The lowest BCUT2D eigenvalue weighted by molar-refractivity contribution is -0.174. The molecule has 256 valence electrons. The van der Waals surface area contributed by atoms with Gasteiger partial charge in [-0.15, -0.1) is 0 Å². The lowest BCUT2D eigenvalue weighted by Crippen LogP contribution is -2.59. The zero-order valence-electron chi connectivity index (χ0n) is 26.9. The van der Waals surface area contributed by atoms with Crippen molar-refractivity contribution in [1.29, 1.82) is 0 Å². The molecule has 3 rings (SSSR count). The Bertz CT molecular complexity index is 1390. The van der Waals surface area contributed by atoms with Crippen molar-refractivity contribution in [2.24, 2.45) is 11.8 Å². The predicted molar refractivity (Wildman–Crippen MR) is 163 cm³/mol. The van der Waals surface area contributed by atoms with Gasteiger partial charge in [-0.3, -0.25) is 29.0 Å². The first-order valence-corrected chi connectivity index (χ1v) is 15.4. The summed E-state index contributed by atoms with van der Waals surface area (Å²) in [5, 5.41) is 7.48. The second-order valence-corrected chi connectivity index (χ2v) is 12.0. The minimum absolute atomic E-state index is 0.00992. The maximum atomic E-state index is 14.1. The molecule has 1 saturated heterocycles. The lowest BCUT2D eigenvalue weighted by Gasteiger charge is -2.32. The van der Waals surface area contributed by atoms with Gasteiger partial charge < -0.3 is 25.6 Å². The number of halogens is 3. The van der Waals surface area contributed by atoms with E-state index < -0.39 is 77.7 Å². The van der Waals surface area contributed by atoms with Crippen molar-refractivity contribution in [3.05, 3.63) is 60.2 Å². The summed E-state index contributed by atoms with van der Waals surface area (Å²) in [5.74, 6) is -5.93. The number of carbonyl (C=O) groups excluding carboxylic acids is 5. The van der Waals surface area contributed by atoms with Gasteiger partial charge in [-0.25, -0.2) is 4.98 Å². The van der Waals surface area contributed by atoms with Crippen molar-refractivity contribution in [3.8, 4) is 0 Å². The molecule has 1 aliphatic rings. The van der Waals surface area contributed by atoms with Gasteiger partial charge >= 0.3 is 6.18 Å². The average Bonchev–Trinajstić information content (AvgIpc) is 3.47. The second kappa shape index (κ2) is 16.4. The van der Waals surface area contributed by atoms with Gasteiger partial charge in [-0.1, -0.05) is 65.0 Å². The third kappa shape index (κ3) is 10.0. The number of nitrogens with zero attached hydrogens (tertiary/aromatic N) is 3. The van der Waals surface area contributed by atoms with E-state index in [4.69, 9.17) is 4.74 Å². The second-order valence-electron chi connectivity index (χ2n) is 12.0. The Hall–Kier alpha value is -4.40. The highest BCUT2D eigenvalue weighted by Crippen LogP contribution is 2.26. The van der Waals surface area contributed by atoms with Crippen molar-refractivity contribution in [2.45, 2.75) is 90.5 Å². The largest absolute Gasteiger partial charge is 0.452 e. The summed E-state index contributed by atoms with van der Waals surface area (Å²) in [7, 11) is 0. The Morgan fingerprint density at radius 2 is 1.62 bits per heavy atom. The van der Waals surface area contributed by atoms with Crippen molar-refractivity contribution >= 4 is 29.4 Å². The molecule has 0 saturated carbocycles. The first-order valence-electron chi connectivity index (χ1n) is 15.4. The number of carbonyl (C=O) groups is 5. The quantitative estimate of drug-likeness (QED) is 0.279. The standard InChI is InChI=1S/C32H41F3N6O6/c1-6-22(27(42)32(33,34)35)38-29(44)24-14-21(47-17-20-10-8-7-9-11-20)16-41(24)31(46)26(19(4)5)40-30(45)25(18(2)3)39-28(43)23-15-36-12-13-37-23/h7-13,15,18-19,21-22,24-26H,6,14,16-17H2,1-5H3,(H,38,44)(H,39,43)(H,40,45)/t21-,22?,24+,25+,26+/m1/s1. The van der Waals surface area contributed by atoms with E-state index in [2.05, 4.69) is 25.9 Å². The van der Waals surface area contributed by atoms with Gasteiger partial charge in [0.1, 0.15) is 23.8 Å². The highest BCUT2D eigenvalue weighted by molar-refractivity contribution is 5.98. The molecule has 12 nitrogen and oxygen atoms in total. The molecule has 47 heavy (non-hydrogen) atoms. The van der Waals surface area contributed by atoms with E-state index in [0.717, 1.165) is 5.56 Å². The maximum absolute atomic E-state index is 14.1. The van der Waals surface area contributed by atoms with Gasteiger partial charge in [0.25, 0.3) is 11.7 Å². The molecule has 2 aromatic rings. The molecule has 1 aromatic carbocycles. The number of amides is 4. The van der Waals surface area contributed by atoms with Gasteiger partial charge in [0.15, 0.2) is 0 Å². The van der Waals surface area contributed by atoms with Crippen LogP contribution in [0.25, 0.3) is 0 Å². The van der Waals surface area contributed by atoms with Crippen LogP contribution in [0.2, 0.25) is 0 Å². The Labute approximate surface area is 271 Å². The summed E-state index contributed by atoms with van der Waals surface area (Å²) >= 11 is 0. The first-order chi connectivity index (χ1) is 22.1. The van der Waals surface area contributed by atoms with E-state index in [1.54, 1.807) is 27.7 Å². The molecule has 1 fully saturated rings. The number of Topliss-reactive ketones (excluding diaryl/α,β-unsaturated/α-hetero) is 1. The number of hydrogen-bond donors (Lipinski definition) is 3. The Balaban J connectivity index is 1.83. The zero-order chi connectivity index (χ0) is 34.9. The summed E-state index contributed by atoms with van der Waals surface area (Å²) in [6.07, 6.45) is -2.25. The van der Waals surface area contributed by atoms with Crippen molar-refractivity contribution in [2.75, 3.05) is 6.54 Å². The number of aromatic nitrogens is 2. The number of likely N-dealkylation sites (tertiary alicyclic amines) is 1. The molecule has 5 atom stereocenters. The molecular weight excluding hydrogens is 621 g/mol. The minimum atomic E-state index is -5.16. The summed E-state index contributed by atoms with van der Waals surface area (Å²) in [5.41, 5.74) is 0.819. The summed E-state index contributed by atoms with van der Waals surface area (Å²) in [6, 6.07) is 3.75. The van der Waals surface area contributed by atoms with Crippen LogP contribution in [0.5, 0.6) is 0 Å². The molecule has 0 bridgehead atoms. The molecule has 1 aromatic heterocycles. The number of rotatable bonds is 14. The molecule has 0 aliphatic carbocycles. The predicted octanol–water partition coefficient (Wildman–Crippen LogP) is 2.58. The molecule has 1 aliphatic heterocycles. The minimum Gasteiger partial charge on any atom is -0.372 e. The Kier molecular flexibility index (Phi) is 13.0. The highest BCUT2D eigenvalue weighted by Gasteiger charge is 2.47. The number of nitrogens with one attached hydrogen (secondary N) is 3. The van der Waals surface area contributed by atoms with E-state index in [9.17, 15) is 37.1 Å². The molecule has 2 heterocycles. The fourth-order valence-electron chi connectivity index (χ4n) is 5.12. The van der Waals surface area contributed by atoms with Gasteiger partial charge in [-0.05, 0) is 23.8 Å². The van der Waals surface area contributed by atoms with E-state index in [-0.39, 0.29) is 31.7 Å². The van der Waals surface area contributed by atoms with E-state index in [1.807, 2.05) is 30.3 Å². The van der Waals surface area contributed by atoms with Crippen LogP contribution < -0.4 is 16.0 Å². The topological polar surface area (TPSA) is 160 Å². The van der Waals surface area contributed by atoms with Gasteiger partial charge in [0.05, 0.1) is 24.9 Å². The Morgan fingerprint density at radius 3 is 2.17 bits per heavy atom. The average molecular weight is 663 g/mol. The van der Waals surface area contributed by atoms with Crippen LogP contribution in [-0.4, -0.2) is 87.3 Å². The normalized spacial score (nSPS) is 18.4. The molecule has 0 radical (unpaired) electrons. The molecular formula is C32H41F3N6O6. The summed E-state index contributed by atoms with van der Waals surface area (Å²) in [4.78, 5) is 74.7. The SMILES string of the molecule is CCC(NC(=O)[C@@H]1C[C@@H](OCc2ccccc2)CN1C(=O)[C@@H](NC(=O)[C@@H](NC(=O)c1cnccn1)C(C)C)C(C)C)C(=O)C(F)(F)F. The zero-order valence-corrected chi connectivity index (χ0v) is 26.9. The molecule has 0 spiro atoms. The van der Waals surface area contributed by atoms with Crippen LogP contribution in [0.1, 0.15) is 63.5 Å². The number of ketones is 1. The van der Waals surface area contributed by atoms with Crippen molar-refractivity contribution in [1.82, 2.24) is 30.8 Å². The van der Waals surface area contributed by atoms with Crippen LogP contribution in [0.4, 0.5) is 13.2 Å². The highest BCUT2D eigenvalue weighted by atomic mass is 19.4. The molecule has 4 amide bonds. The maximum Gasteiger partial charge on any atom is 0.452 e. The number of benzene rings is 1. The van der Waals surface area contributed by atoms with Crippen molar-refractivity contribution in [3.63, 3.8) is 0 Å². The monoisotopic (exact) mass is 662 g/mol. The van der Waals surface area contributed by atoms with Crippen LogP contribution >= 0.6 is 0 Å². The smallest absolute Gasteiger partial charge is 0.372 e. The van der Waals surface area contributed by atoms with Crippen molar-refractivity contribution < 1.29 is 41.9 Å². The molecule has 3 N–H and O–H groups in total. The van der Waals surface area contributed by atoms with Crippen LogP contribution in [-0.2, 0) is 30.5 Å². The summed E-state index contributed by atoms with van der Waals surface area (Å²) < 4.78 is 45.6. The fourth-order valence-corrected chi connectivity index (χ4v) is 5.12. The van der Waals surface area contributed by atoms with Crippen LogP contribution in [0.3, 0.4) is 0 Å². The van der Waals surface area contributed by atoms with Gasteiger partial charge in [-0.2, -0.15) is 13.2 Å². The Morgan fingerprint density at radius 1 is 0.957 bits per heavy atom. The number of hydrogen-bond acceptors (Lipinski definition) is 8. The number of alkyl halides is 3. The van der Waals surface area contributed by atoms with Gasteiger partial charge in [0, 0.05) is 25.4 Å². The third-order valence-electron chi connectivity index (χ3n) is 7.76. The third-order valence-corrected chi connectivity index (χ3v) is 7.76. The lowest BCUT2D eigenvalue weighted by atomic mass is 9.98. The molecule has 1 unspecified atom stereocenters. The fraction of sp³-hybridized carbons (Fsp3) is 0.531. The van der Waals surface area contributed by atoms with E-state index >= 15 is 0 Å². The van der Waals surface area contributed by atoms with Gasteiger partial charge in [0.2, 0.25) is 17.7 Å². The van der Waals surface area contributed by atoms with E-state index in [0.29, 0.717) is 0 Å². The number of ether oxygens (including phenoxy) is 1. The van der Waals surface area contributed by atoms with Crippen LogP contribution in [0.15, 0.2) is 48.9 Å². The summed E-state index contributed by atoms with van der Waals surface area (Å²) in [6.45, 7) is 8.15. The van der Waals surface area contributed by atoms with E-state index in [1.165, 1.54) is 30.4 Å². The first kappa shape index (κ1) is 37.1.